The molecule has 1 fully saturated rings. The number of halogens is 5. The first-order valence-corrected chi connectivity index (χ1v) is 7.50. The van der Waals surface area contributed by atoms with E-state index in [2.05, 4.69) is 4.74 Å². The Morgan fingerprint density at radius 1 is 1.04 bits per heavy atom. The normalized spacial score (nSPS) is 15.4. The van der Waals surface area contributed by atoms with Crippen molar-refractivity contribution in [2.24, 2.45) is 0 Å². The van der Waals surface area contributed by atoms with Gasteiger partial charge in [-0.15, -0.1) is 0 Å². The molecule has 2 aromatic rings. The van der Waals surface area contributed by atoms with E-state index in [-0.39, 0.29) is 29.8 Å². The molecule has 0 amide bonds. The molecule has 1 saturated heterocycles. The number of hydrogen-bond acceptors (Lipinski definition) is 5. The van der Waals surface area contributed by atoms with Crippen molar-refractivity contribution in [2.45, 2.75) is 6.10 Å². The predicted molar refractivity (Wildman–Crippen MR) is 79.4 cm³/mol. The molecule has 2 aromatic carbocycles. The minimum Gasteiger partial charge on any atom is -0.493 e. The highest BCUT2D eigenvalue weighted by atomic mass is 19.2. The van der Waals surface area contributed by atoms with E-state index >= 15 is 0 Å². The summed E-state index contributed by atoms with van der Waals surface area (Å²) in [5.74, 6) is -14.5. The number of hydrogen-bond donors (Lipinski definition) is 0. The van der Waals surface area contributed by atoms with Crippen molar-refractivity contribution >= 4 is 5.97 Å². The quantitative estimate of drug-likeness (QED) is 0.189. The second-order valence-electron chi connectivity index (χ2n) is 5.39. The largest absolute Gasteiger partial charge is 0.493 e. The second-order valence-corrected chi connectivity index (χ2v) is 5.39. The fourth-order valence-corrected chi connectivity index (χ4v) is 2.15. The molecule has 1 aliphatic rings. The number of benzene rings is 2. The summed E-state index contributed by atoms with van der Waals surface area (Å²) in [6, 6.07) is 3.98. The van der Waals surface area contributed by atoms with Gasteiger partial charge >= 0.3 is 5.97 Å². The van der Waals surface area contributed by atoms with Crippen molar-refractivity contribution in [1.29, 1.82) is 0 Å². The molecule has 0 radical (unpaired) electrons. The lowest BCUT2D eigenvalue weighted by Gasteiger charge is -2.14. The molecule has 1 unspecified atom stereocenters. The van der Waals surface area contributed by atoms with Gasteiger partial charge in [0.1, 0.15) is 18.3 Å². The smallest absolute Gasteiger partial charge is 0.347 e. The van der Waals surface area contributed by atoms with E-state index in [0.29, 0.717) is 6.61 Å². The zero-order chi connectivity index (χ0) is 19.7. The predicted octanol–water partition coefficient (Wildman–Crippen LogP) is 3.39. The van der Waals surface area contributed by atoms with Gasteiger partial charge < -0.3 is 18.9 Å². The van der Waals surface area contributed by atoms with Gasteiger partial charge in [-0.2, -0.15) is 8.78 Å². The number of para-hydroxylation sites is 1. The Morgan fingerprint density at radius 3 is 2.19 bits per heavy atom. The third-order valence-electron chi connectivity index (χ3n) is 3.60. The van der Waals surface area contributed by atoms with Crippen molar-refractivity contribution in [1.82, 2.24) is 0 Å². The molecule has 1 atom stereocenters. The molecular formula is C17H11F5O5. The Bertz CT molecular complexity index is 869. The van der Waals surface area contributed by atoms with Crippen molar-refractivity contribution in [2.75, 3.05) is 20.3 Å². The Kier molecular flexibility index (Phi) is 5.17. The summed E-state index contributed by atoms with van der Waals surface area (Å²) in [5, 5.41) is 0. The minimum absolute atomic E-state index is 0.0587. The topological polar surface area (TPSA) is 57.3 Å². The first-order valence-electron chi connectivity index (χ1n) is 7.50. The molecule has 0 saturated carbocycles. The molecule has 0 aromatic heterocycles. The average molecular weight is 390 g/mol. The molecule has 1 aliphatic heterocycles. The van der Waals surface area contributed by atoms with Crippen molar-refractivity contribution in [3.63, 3.8) is 0 Å². The first-order chi connectivity index (χ1) is 12.8. The van der Waals surface area contributed by atoms with Crippen molar-refractivity contribution in [3.8, 4) is 17.2 Å². The number of epoxide rings is 1. The van der Waals surface area contributed by atoms with Gasteiger partial charge in [0.2, 0.25) is 34.8 Å². The highest BCUT2D eigenvalue weighted by Gasteiger charge is 2.31. The average Bonchev–Trinajstić information content (AvgIpc) is 3.50. The first kappa shape index (κ1) is 18.9. The van der Waals surface area contributed by atoms with Crippen LogP contribution in [0.5, 0.6) is 17.2 Å². The molecule has 27 heavy (non-hydrogen) atoms. The monoisotopic (exact) mass is 390 g/mol. The summed E-state index contributed by atoms with van der Waals surface area (Å²) < 4.78 is 86.9. The molecule has 0 spiro atoms. The standard InChI is InChI=1S/C17H11F5O5/c1-24-9-4-2-3-8(15(9)26-6-7-5-25-7)17(23)27-16-13(21)11(19)10(18)12(20)14(16)22/h2-4,7H,5-6H2,1H3. The molecule has 1 heterocycles. The SMILES string of the molecule is COc1cccc(C(=O)Oc2c(F)c(F)c(F)c(F)c2F)c1OCC1CO1. The van der Waals surface area contributed by atoms with E-state index in [0.717, 1.165) is 0 Å². The van der Waals surface area contributed by atoms with Crippen LogP contribution in [0, 0.1) is 29.1 Å². The Hall–Kier alpha value is -2.88. The minimum atomic E-state index is -2.36. The molecule has 0 bridgehead atoms. The molecule has 0 aliphatic carbocycles. The van der Waals surface area contributed by atoms with E-state index in [9.17, 15) is 26.7 Å². The van der Waals surface area contributed by atoms with Crippen LogP contribution in [-0.4, -0.2) is 32.4 Å². The van der Waals surface area contributed by atoms with Gasteiger partial charge in [-0.05, 0) is 12.1 Å². The van der Waals surface area contributed by atoms with Crippen molar-refractivity contribution in [3.05, 3.63) is 52.8 Å². The lowest BCUT2D eigenvalue weighted by molar-refractivity contribution is 0.0710. The molecule has 10 heteroatoms. The third-order valence-corrected chi connectivity index (χ3v) is 3.60. The highest BCUT2D eigenvalue weighted by Crippen LogP contribution is 2.34. The van der Waals surface area contributed by atoms with Crippen LogP contribution in [0.4, 0.5) is 22.0 Å². The second kappa shape index (κ2) is 7.39. The maximum atomic E-state index is 13.7. The van der Waals surface area contributed by atoms with Gasteiger partial charge in [-0.1, -0.05) is 6.07 Å². The lowest BCUT2D eigenvalue weighted by atomic mass is 10.2. The fraction of sp³-hybridized carbons (Fsp3) is 0.235. The van der Waals surface area contributed by atoms with Crippen LogP contribution < -0.4 is 14.2 Å². The Labute approximate surface area is 149 Å². The molecule has 3 rings (SSSR count). The third kappa shape index (κ3) is 3.65. The van der Waals surface area contributed by atoms with Gasteiger partial charge in [0.15, 0.2) is 11.5 Å². The zero-order valence-corrected chi connectivity index (χ0v) is 13.7. The number of esters is 1. The number of carbonyl (C=O) groups is 1. The van der Waals surface area contributed by atoms with Crippen LogP contribution >= 0.6 is 0 Å². The highest BCUT2D eigenvalue weighted by molar-refractivity contribution is 5.95. The van der Waals surface area contributed by atoms with E-state index in [1.165, 1.54) is 25.3 Å². The molecular weight excluding hydrogens is 379 g/mol. The van der Waals surface area contributed by atoms with E-state index in [4.69, 9.17) is 14.2 Å². The summed E-state index contributed by atoms with van der Waals surface area (Å²) in [6.45, 7) is 0.517. The summed E-state index contributed by atoms with van der Waals surface area (Å²) in [7, 11) is 1.29. The van der Waals surface area contributed by atoms with E-state index < -0.39 is 40.8 Å². The van der Waals surface area contributed by atoms with Gasteiger partial charge in [0, 0.05) is 0 Å². The van der Waals surface area contributed by atoms with Crippen LogP contribution in [0.1, 0.15) is 10.4 Å². The maximum absolute atomic E-state index is 13.7. The molecule has 5 nitrogen and oxygen atoms in total. The van der Waals surface area contributed by atoms with Crippen LogP contribution in [0.15, 0.2) is 18.2 Å². The van der Waals surface area contributed by atoms with Gasteiger partial charge in [0.05, 0.1) is 13.7 Å². The van der Waals surface area contributed by atoms with Gasteiger partial charge in [-0.25, -0.2) is 18.0 Å². The van der Waals surface area contributed by atoms with Crippen molar-refractivity contribution < 1.29 is 45.7 Å². The summed E-state index contributed by atoms with van der Waals surface area (Å²) in [6.07, 6.45) is -0.186. The number of carbonyl (C=O) groups excluding carboxylic acids is 1. The zero-order valence-electron chi connectivity index (χ0n) is 13.7. The van der Waals surface area contributed by atoms with E-state index in [1.807, 2.05) is 0 Å². The summed E-state index contributed by atoms with van der Waals surface area (Å²) in [5.41, 5.74) is -0.334. The Balaban J connectivity index is 1.95. The van der Waals surface area contributed by atoms with Gasteiger partial charge in [-0.3, -0.25) is 0 Å². The van der Waals surface area contributed by atoms with E-state index in [1.54, 1.807) is 0 Å². The van der Waals surface area contributed by atoms with Crippen LogP contribution in [-0.2, 0) is 4.74 Å². The molecule has 144 valence electrons. The fourth-order valence-electron chi connectivity index (χ4n) is 2.15. The number of methoxy groups -OCH3 is 1. The maximum Gasteiger partial charge on any atom is 0.347 e. The molecule has 0 N–H and O–H groups in total. The number of ether oxygens (including phenoxy) is 4. The lowest BCUT2D eigenvalue weighted by Crippen LogP contribution is -2.16. The van der Waals surface area contributed by atoms with Crippen LogP contribution in [0.25, 0.3) is 0 Å². The summed E-state index contributed by atoms with van der Waals surface area (Å²) >= 11 is 0. The Morgan fingerprint density at radius 2 is 1.63 bits per heavy atom. The van der Waals surface area contributed by atoms with Crippen LogP contribution in [0.3, 0.4) is 0 Å². The van der Waals surface area contributed by atoms with Crippen LogP contribution in [0.2, 0.25) is 0 Å². The number of rotatable bonds is 6. The summed E-state index contributed by atoms with van der Waals surface area (Å²) in [4.78, 5) is 12.3. The van der Waals surface area contributed by atoms with Gasteiger partial charge in [0.25, 0.3) is 0 Å².